The van der Waals surface area contributed by atoms with E-state index in [4.69, 9.17) is 14.2 Å². The Morgan fingerprint density at radius 1 is 1.19 bits per heavy atom. The van der Waals surface area contributed by atoms with Crippen LogP contribution in [0.15, 0.2) is 36.4 Å². The molecule has 2 amide bonds. The molecular weight excluding hydrogens is 412 g/mol. The lowest BCUT2D eigenvalue weighted by molar-refractivity contribution is -0.152. The van der Waals surface area contributed by atoms with Crippen LogP contribution in [-0.2, 0) is 23.9 Å². The molecule has 8 nitrogen and oxygen atoms in total. The van der Waals surface area contributed by atoms with Crippen LogP contribution in [0.4, 0.5) is 5.69 Å². The number of hydrogen-bond acceptors (Lipinski definition) is 6. The minimum atomic E-state index is -0.759. The van der Waals surface area contributed by atoms with E-state index in [0.717, 1.165) is 11.4 Å². The average Bonchev–Trinajstić information content (AvgIpc) is 3.47. The van der Waals surface area contributed by atoms with Gasteiger partial charge in [0, 0.05) is 18.8 Å². The van der Waals surface area contributed by atoms with E-state index >= 15 is 0 Å². The van der Waals surface area contributed by atoms with Crippen LogP contribution >= 0.6 is 0 Å². The zero-order valence-corrected chi connectivity index (χ0v) is 18.4. The standard InChI is InChI=1S/C24H28N2O6/c1-3-31-23(29)15-9-12-25(13-10-15)21(27)19-18-8-11-24(32-18)14-26(22(28)20(19)24)16-4-6-17(30-2)7-5-16/h4-8,11,15,18-20H,3,9-10,12-14H2,1-2H3/t18-,19-,20-,24+/m1/s1. The van der Waals surface area contributed by atoms with Crippen LogP contribution in [0.25, 0.3) is 0 Å². The first-order chi connectivity index (χ1) is 15.5. The maximum Gasteiger partial charge on any atom is 0.309 e. The highest BCUT2D eigenvalue weighted by atomic mass is 16.5. The normalized spacial score (nSPS) is 31.2. The topological polar surface area (TPSA) is 85.4 Å². The summed E-state index contributed by atoms with van der Waals surface area (Å²) in [6.45, 7) is 3.53. The van der Waals surface area contributed by atoms with Crippen LogP contribution in [-0.4, -0.2) is 67.7 Å². The molecule has 0 unspecified atom stereocenters. The highest BCUT2D eigenvalue weighted by molar-refractivity contribution is 6.03. The van der Waals surface area contributed by atoms with Crippen molar-refractivity contribution in [2.75, 3.05) is 38.3 Å². The molecule has 4 aliphatic rings. The second kappa shape index (κ2) is 7.92. The number of carbonyl (C=O) groups excluding carboxylic acids is 3. The summed E-state index contributed by atoms with van der Waals surface area (Å²) in [5.74, 6) is -0.842. The summed E-state index contributed by atoms with van der Waals surface area (Å²) >= 11 is 0. The molecule has 3 saturated heterocycles. The number of rotatable bonds is 5. The molecule has 8 heteroatoms. The summed E-state index contributed by atoms with van der Waals surface area (Å²) in [6.07, 6.45) is 4.67. The zero-order valence-electron chi connectivity index (χ0n) is 18.4. The van der Waals surface area contributed by atoms with E-state index in [2.05, 4.69) is 0 Å². The Morgan fingerprint density at radius 3 is 2.56 bits per heavy atom. The summed E-state index contributed by atoms with van der Waals surface area (Å²) in [6, 6.07) is 7.33. The van der Waals surface area contributed by atoms with Gasteiger partial charge in [-0.3, -0.25) is 14.4 Å². The number of piperidine rings is 1. The van der Waals surface area contributed by atoms with Gasteiger partial charge in [-0.05, 0) is 44.0 Å². The molecule has 32 heavy (non-hydrogen) atoms. The van der Waals surface area contributed by atoms with Gasteiger partial charge < -0.3 is 24.0 Å². The minimum absolute atomic E-state index is 0.0570. The average molecular weight is 440 g/mol. The maximum atomic E-state index is 13.5. The van der Waals surface area contributed by atoms with Crippen molar-refractivity contribution in [2.24, 2.45) is 17.8 Å². The number of ether oxygens (including phenoxy) is 3. The van der Waals surface area contributed by atoms with Crippen molar-refractivity contribution in [3.8, 4) is 5.75 Å². The Morgan fingerprint density at radius 2 is 1.91 bits per heavy atom. The predicted octanol–water partition coefficient (Wildman–Crippen LogP) is 1.78. The third-order valence-electron chi connectivity index (χ3n) is 7.20. The number of hydrogen-bond donors (Lipinski definition) is 0. The quantitative estimate of drug-likeness (QED) is 0.513. The van der Waals surface area contributed by atoms with Crippen LogP contribution in [0.2, 0.25) is 0 Å². The Labute approximate surface area is 187 Å². The van der Waals surface area contributed by atoms with E-state index in [1.165, 1.54) is 0 Å². The number of fused-ring (bicyclic) bond motifs is 1. The van der Waals surface area contributed by atoms with E-state index in [1.54, 1.807) is 23.8 Å². The molecule has 5 rings (SSSR count). The van der Waals surface area contributed by atoms with Gasteiger partial charge in [0.05, 0.1) is 44.1 Å². The van der Waals surface area contributed by atoms with Gasteiger partial charge in [0.1, 0.15) is 11.4 Å². The second-order valence-corrected chi connectivity index (χ2v) is 8.87. The highest BCUT2D eigenvalue weighted by Crippen LogP contribution is 2.53. The number of anilines is 1. The van der Waals surface area contributed by atoms with Crippen LogP contribution in [0.1, 0.15) is 19.8 Å². The number of nitrogens with zero attached hydrogens (tertiary/aromatic N) is 2. The van der Waals surface area contributed by atoms with Gasteiger partial charge in [-0.2, -0.15) is 0 Å². The van der Waals surface area contributed by atoms with Crippen molar-refractivity contribution < 1.29 is 28.6 Å². The molecule has 0 N–H and O–H groups in total. The van der Waals surface area contributed by atoms with Crippen molar-refractivity contribution in [1.82, 2.24) is 4.90 Å². The number of methoxy groups -OCH3 is 1. The number of carbonyl (C=O) groups is 3. The molecule has 2 bridgehead atoms. The SMILES string of the molecule is CCOC(=O)C1CCN(C(=O)[C@@H]2[C@H]3C=C[C@@]4(CN(c5ccc(OC)cc5)C(=O)[C@@H]24)O3)CC1. The van der Waals surface area contributed by atoms with Crippen molar-refractivity contribution in [1.29, 1.82) is 0 Å². The van der Waals surface area contributed by atoms with E-state index in [-0.39, 0.29) is 29.8 Å². The Bertz CT molecular complexity index is 952. The van der Waals surface area contributed by atoms with Crippen LogP contribution in [0.3, 0.4) is 0 Å². The lowest BCUT2D eigenvalue weighted by Crippen LogP contribution is -2.49. The number of esters is 1. The summed E-state index contributed by atoms with van der Waals surface area (Å²) < 4.78 is 16.6. The summed E-state index contributed by atoms with van der Waals surface area (Å²) in [4.78, 5) is 42.5. The summed E-state index contributed by atoms with van der Waals surface area (Å²) in [7, 11) is 1.60. The van der Waals surface area contributed by atoms with Crippen LogP contribution in [0.5, 0.6) is 5.75 Å². The van der Waals surface area contributed by atoms with Crippen molar-refractivity contribution in [2.45, 2.75) is 31.5 Å². The molecule has 4 atom stereocenters. The van der Waals surface area contributed by atoms with E-state index < -0.39 is 17.4 Å². The molecule has 3 fully saturated rings. The number of benzene rings is 1. The molecule has 1 aromatic carbocycles. The lowest BCUT2D eigenvalue weighted by Gasteiger charge is -2.34. The van der Waals surface area contributed by atoms with Gasteiger partial charge in [-0.25, -0.2) is 0 Å². The van der Waals surface area contributed by atoms with Gasteiger partial charge in [-0.1, -0.05) is 12.2 Å². The Kier molecular flexibility index (Phi) is 5.20. The monoisotopic (exact) mass is 440 g/mol. The highest BCUT2D eigenvalue weighted by Gasteiger charge is 2.67. The van der Waals surface area contributed by atoms with Crippen LogP contribution < -0.4 is 9.64 Å². The number of amides is 2. The third kappa shape index (κ3) is 3.20. The van der Waals surface area contributed by atoms with Crippen LogP contribution in [0, 0.1) is 17.8 Å². The van der Waals surface area contributed by atoms with Crippen molar-refractivity contribution >= 4 is 23.5 Å². The fraction of sp³-hybridized carbons (Fsp3) is 0.542. The molecule has 1 spiro atoms. The molecule has 0 saturated carbocycles. The Hall–Kier alpha value is -2.87. The number of likely N-dealkylation sites (tertiary alicyclic amines) is 1. The fourth-order valence-corrected chi connectivity index (χ4v) is 5.57. The first-order valence-electron chi connectivity index (χ1n) is 11.3. The molecule has 0 aromatic heterocycles. The molecule has 170 valence electrons. The molecule has 0 radical (unpaired) electrons. The van der Waals surface area contributed by atoms with E-state index in [1.807, 2.05) is 36.4 Å². The van der Waals surface area contributed by atoms with Gasteiger partial charge in [0.2, 0.25) is 11.8 Å². The van der Waals surface area contributed by atoms with Gasteiger partial charge in [0.15, 0.2) is 0 Å². The predicted molar refractivity (Wildman–Crippen MR) is 115 cm³/mol. The van der Waals surface area contributed by atoms with Gasteiger partial charge in [-0.15, -0.1) is 0 Å². The summed E-state index contributed by atoms with van der Waals surface area (Å²) in [5, 5.41) is 0. The molecule has 4 heterocycles. The first kappa shape index (κ1) is 21.0. The minimum Gasteiger partial charge on any atom is -0.497 e. The van der Waals surface area contributed by atoms with Crippen molar-refractivity contribution in [3.05, 3.63) is 36.4 Å². The lowest BCUT2D eigenvalue weighted by atomic mass is 9.76. The maximum absolute atomic E-state index is 13.5. The molecule has 0 aliphatic carbocycles. The van der Waals surface area contributed by atoms with E-state index in [9.17, 15) is 14.4 Å². The smallest absolute Gasteiger partial charge is 0.309 e. The second-order valence-electron chi connectivity index (χ2n) is 8.87. The molecular formula is C24H28N2O6. The third-order valence-corrected chi connectivity index (χ3v) is 7.20. The van der Waals surface area contributed by atoms with Crippen molar-refractivity contribution in [3.63, 3.8) is 0 Å². The largest absolute Gasteiger partial charge is 0.497 e. The first-order valence-corrected chi connectivity index (χ1v) is 11.3. The van der Waals surface area contributed by atoms with E-state index in [0.29, 0.717) is 39.1 Å². The zero-order chi connectivity index (χ0) is 22.5. The Balaban J connectivity index is 1.32. The summed E-state index contributed by atoms with van der Waals surface area (Å²) in [5.41, 5.74) is 0.00658. The molecule has 1 aromatic rings. The van der Waals surface area contributed by atoms with Gasteiger partial charge >= 0.3 is 5.97 Å². The molecule has 4 aliphatic heterocycles. The van der Waals surface area contributed by atoms with Gasteiger partial charge in [0.25, 0.3) is 0 Å². The fourth-order valence-electron chi connectivity index (χ4n) is 5.57.